The molecule has 3 heteroatoms. The molecule has 0 saturated heterocycles. The third-order valence-electron chi connectivity index (χ3n) is 5.07. The van der Waals surface area contributed by atoms with Gasteiger partial charge in [0.15, 0.2) is 0 Å². The van der Waals surface area contributed by atoms with Crippen LogP contribution in [0.25, 0.3) is 0 Å². The second-order valence-electron chi connectivity index (χ2n) is 6.53. The molecule has 3 aromatic carbocycles. The van der Waals surface area contributed by atoms with Crippen LogP contribution in [0.1, 0.15) is 22.3 Å². The van der Waals surface area contributed by atoms with Crippen LogP contribution in [0.3, 0.4) is 0 Å². The van der Waals surface area contributed by atoms with E-state index in [1.807, 2.05) is 54.6 Å². The van der Waals surface area contributed by atoms with Crippen LogP contribution < -0.4 is 5.32 Å². The first-order valence-electron chi connectivity index (χ1n) is 8.51. The van der Waals surface area contributed by atoms with Gasteiger partial charge in [-0.2, -0.15) is 0 Å². The molecule has 0 radical (unpaired) electrons. The molecule has 1 aliphatic heterocycles. The Morgan fingerprint density at radius 2 is 1.60 bits per heavy atom. The van der Waals surface area contributed by atoms with Gasteiger partial charge in [0.25, 0.3) is 0 Å². The van der Waals surface area contributed by atoms with Gasteiger partial charge >= 0.3 is 0 Å². The monoisotopic (exact) mass is 349 g/mol. The van der Waals surface area contributed by atoms with Crippen molar-refractivity contribution in [2.24, 2.45) is 0 Å². The number of aliphatic hydroxyl groups is 1. The third-order valence-corrected chi connectivity index (χ3v) is 5.32. The molecule has 2 unspecified atom stereocenters. The van der Waals surface area contributed by atoms with Crippen molar-refractivity contribution in [3.8, 4) is 0 Å². The average molecular weight is 350 g/mol. The van der Waals surface area contributed by atoms with Crippen LogP contribution in [0.5, 0.6) is 0 Å². The van der Waals surface area contributed by atoms with Crippen molar-refractivity contribution in [1.29, 1.82) is 0 Å². The molecule has 1 aliphatic rings. The topological polar surface area (TPSA) is 32.3 Å². The predicted molar refractivity (Wildman–Crippen MR) is 102 cm³/mol. The molecule has 2 atom stereocenters. The van der Waals surface area contributed by atoms with E-state index in [4.69, 9.17) is 11.6 Å². The van der Waals surface area contributed by atoms with Gasteiger partial charge in [-0.15, -0.1) is 0 Å². The number of halogens is 1. The molecule has 0 spiro atoms. The molecule has 0 aromatic heterocycles. The smallest absolute Gasteiger partial charge is 0.0963 e. The Morgan fingerprint density at radius 1 is 0.920 bits per heavy atom. The summed E-state index contributed by atoms with van der Waals surface area (Å²) in [6.07, 6.45) is -0.0233. The van der Waals surface area contributed by atoms with E-state index in [1.54, 1.807) is 0 Å². The molecule has 0 bridgehead atoms. The van der Waals surface area contributed by atoms with Crippen molar-refractivity contribution < 1.29 is 5.11 Å². The van der Waals surface area contributed by atoms with Crippen LogP contribution in [-0.2, 0) is 18.5 Å². The van der Waals surface area contributed by atoms with Crippen molar-refractivity contribution in [2.45, 2.75) is 24.6 Å². The minimum Gasteiger partial charge on any atom is -0.390 e. The second-order valence-corrected chi connectivity index (χ2v) is 6.97. The molecular weight excluding hydrogens is 330 g/mol. The molecule has 0 fully saturated rings. The van der Waals surface area contributed by atoms with Crippen molar-refractivity contribution >= 4 is 11.6 Å². The standard InChI is InChI=1S/C22H20ClNO/c23-19-12-10-18(11-13-19)22(20-9-5-4-8-17(20)15-24-22)21(25)14-16-6-2-1-3-7-16/h1-13,21,24-25H,14-15H2. The highest BCUT2D eigenvalue weighted by Gasteiger charge is 2.45. The summed E-state index contributed by atoms with van der Waals surface area (Å²) >= 11 is 6.09. The Hall–Kier alpha value is -2.13. The van der Waals surface area contributed by atoms with Gasteiger partial charge in [0.2, 0.25) is 0 Å². The maximum absolute atomic E-state index is 11.3. The SMILES string of the molecule is OC(Cc1ccccc1)C1(c2ccc(Cl)cc2)NCc2ccccc21. The van der Waals surface area contributed by atoms with Crippen LogP contribution in [0, 0.1) is 0 Å². The van der Waals surface area contributed by atoms with Gasteiger partial charge in [0, 0.05) is 18.0 Å². The van der Waals surface area contributed by atoms with Gasteiger partial charge in [-0.1, -0.05) is 78.3 Å². The lowest BCUT2D eigenvalue weighted by molar-refractivity contribution is 0.0874. The first-order chi connectivity index (χ1) is 12.2. The lowest BCUT2D eigenvalue weighted by Gasteiger charge is -2.36. The van der Waals surface area contributed by atoms with Crippen molar-refractivity contribution in [3.63, 3.8) is 0 Å². The zero-order valence-electron chi connectivity index (χ0n) is 13.8. The van der Waals surface area contributed by atoms with E-state index >= 15 is 0 Å². The van der Waals surface area contributed by atoms with Gasteiger partial charge < -0.3 is 5.11 Å². The third kappa shape index (κ3) is 2.87. The van der Waals surface area contributed by atoms with Crippen molar-refractivity contribution in [3.05, 3.63) is 106 Å². The minimum absolute atomic E-state index is 0.574. The number of hydrogen-bond donors (Lipinski definition) is 2. The Labute approximate surface area is 153 Å². The van der Waals surface area contributed by atoms with E-state index in [9.17, 15) is 5.11 Å². The molecule has 25 heavy (non-hydrogen) atoms. The first kappa shape index (κ1) is 16.3. The molecule has 3 aromatic rings. The van der Waals surface area contributed by atoms with Crippen LogP contribution >= 0.6 is 11.6 Å². The maximum atomic E-state index is 11.3. The molecule has 4 rings (SSSR count). The lowest BCUT2D eigenvalue weighted by atomic mass is 9.77. The Balaban J connectivity index is 1.81. The largest absolute Gasteiger partial charge is 0.390 e. The molecule has 1 heterocycles. The van der Waals surface area contributed by atoms with Crippen molar-refractivity contribution in [1.82, 2.24) is 5.32 Å². The number of aliphatic hydroxyl groups excluding tert-OH is 1. The summed E-state index contributed by atoms with van der Waals surface area (Å²) in [5, 5.41) is 15.6. The van der Waals surface area contributed by atoms with Gasteiger partial charge in [0.05, 0.1) is 11.6 Å². The summed E-state index contributed by atoms with van der Waals surface area (Å²) in [7, 11) is 0. The number of benzene rings is 3. The van der Waals surface area contributed by atoms with Gasteiger partial charge in [-0.25, -0.2) is 0 Å². The Morgan fingerprint density at radius 3 is 2.36 bits per heavy atom. The number of rotatable bonds is 4. The molecule has 0 saturated carbocycles. The predicted octanol–water partition coefficient (Wildman–Crippen LogP) is 4.29. The highest BCUT2D eigenvalue weighted by molar-refractivity contribution is 6.30. The summed E-state index contributed by atoms with van der Waals surface area (Å²) in [6.45, 7) is 0.741. The lowest BCUT2D eigenvalue weighted by Crippen LogP contribution is -2.49. The molecule has 126 valence electrons. The van der Waals surface area contributed by atoms with Crippen LogP contribution in [0.4, 0.5) is 0 Å². The molecular formula is C22H20ClNO. The van der Waals surface area contributed by atoms with Crippen LogP contribution in [0.2, 0.25) is 5.02 Å². The van der Waals surface area contributed by atoms with E-state index in [1.165, 1.54) is 5.56 Å². The molecule has 0 amide bonds. The number of fused-ring (bicyclic) bond motifs is 1. The highest BCUT2D eigenvalue weighted by atomic mass is 35.5. The zero-order valence-corrected chi connectivity index (χ0v) is 14.6. The number of nitrogens with one attached hydrogen (secondary N) is 1. The Bertz CT molecular complexity index is 863. The summed E-state index contributed by atoms with van der Waals surface area (Å²) in [5.74, 6) is 0. The molecule has 2 N–H and O–H groups in total. The maximum Gasteiger partial charge on any atom is 0.0963 e. The minimum atomic E-state index is -0.628. The fourth-order valence-electron chi connectivity index (χ4n) is 3.84. The van der Waals surface area contributed by atoms with Crippen LogP contribution in [0.15, 0.2) is 78.9 Å². The van der Waals surface area contributed by atoms with Crippen molar-refractivity contribution in [2.75, 3.05) is 0 Å². The van der Waals surface area contributed by atoms with E-state index in [2.05, 4.69) is 29.6 Å². The Kier molecular flexibility index (Phi) is 4.34. The molecule has 2 nitrogen and oxygen atoms in total. The van der Waals surface area contributed by atoms with Gasteiger partial charge in [-0.05, 0) is 34.4 Å². The number of hydrogen-bond acceptors (Lipinski definition) is 2. The fourth-order valence-corrected chi connectivity index (χ4v) is 3.97. The fraction of sp³-hybridized carbons (Fsp3) is 0.182. The van der Waals surface area contributed by atoms with Gasteiger partial charge in [0.1, 0.15) is 0 Å². The summed E-state index contributed by atoms with van der Waals surface area (Å²) in [5.41, 5.74) is 3.89. The van der Waals surface area contributed by atoms with Gasteiger partial charge in [-0.3, -0.25) is 5.32 Å². The van der Waals surface area contributed by atoms with E-state index in [0.717, 1.165) is 23.2 Å². The zero-order chi connectivity index (χ0) is 17.3. The van der Waals surface area contributed by atoms with E-state index < -0.39 is 11.6 Å². The van der Waals surface area contributed by atoms with Crippen LogP contribution in [-0.4, -0.2) is 11.2 Å². The van der Waals surface area contributed by atoms with E-state index in [0.29, 0.717) is 11.4 Å². The highest BCUT2D eigenvalue weighted by Crippen LogP contribution is 2.41. The quantitative estimate of drug-likeness (QED) is 0.736. The normalized spacial score (nSPS) is 20.2. The molecule has 0 aliphatic carbocycles. The van der Waals surface area contributed by atoms with E-state index in [-0.39, 0.29) is 0 Å². The average Bonchev–Trinajstić information content (AvgIpc) is 3.04. The second kappa shape index (κ2) is 6.64. The summed E-state index contributed by atoms with van der Waals surface area (Å²) in [6, 6.07) is 26.2. The first-order valence-corrected chi connectivity index (χ1v) is 8.89. The summed E-state index contributed by atoms with van der Waals surface area (Å²) < 4.78 is 0. The summed E-state index contributed by atoms with van der Waals surface area (Å²) in [4.78, 5) is 0.